The first-order valence-corrected chi connectivity index (χ1v) is 9.84. The summed E-state index contributed by atoms with van der Waals surface area (Å²) in [5, 5.41) is 0. The van der Waals surface area contributed by atoms with Gasteiger partial charge in [-0.25, -0.2) is 0 Å². The van der Waals surface area contributed by atoms with Crippen molar-refractivity contribution in [3.05, 3.63) is 0 Å². The Morgan fingerprint density at radius 2 is 0.875 bits per heavy atom. The highest BCUT2D eigenvalue weighted by atomic mass is 79.9. The summed E-state index contributed by atoms with van der Waals surface area (Å²) in [6, 6.07) is 0. The van der Waals surface area contributed by atoms with Gasteiger partial charge in [0, 0.05) is 19.3 Å². The number of alkyl halides is 4. The lowest BCUT2D eigenvalue weighted by Gasteiger charge is -2.23. The van der Waals surface area contributed by atoms with E-state index in [1.165, 1.54) is 51.4 Å². The molecule has 0 spiro atoms. The summed E-state index contributed by atoms with van der Waals surface area (Å²) in [5.74, 6) is 0. The second-order valence-corrected chi connectivity index (χ2v) is 9.35. The summed E-state index contributed by atoms with van der Waals surface area (Å²) in [5.41, 5.74) is 0. The monoisotopic (exact) mass is 480 g/mol. The van der Waals surface area contributed by atoms with Crippen LogP contribution in [0.1, 0.15) is 51.4 Å². The minimum atomic E-state index is 0.580. The van der Waals surface area contributed by atoms with Crippen LogP contribution in [0.4, 0.5) is 0 Å². The standard InChI is InChI=1S/C12H20Br4/c13-9-6-4-2-1-3-5-7-10(14)12(16)8-11(9)15/h9-12H,1-8H2. The summed E-state index contributed by atoms with van der Waals surface area (Å²) in [7, 11) is 0. The summed E-state index contributed by atoms with van der Waals surface area (Å²) in [6.07, 6.45) is 10.7. The van der Waals surface area contributed by atoms with E-state index in [1.807, 2.05) is 0 Å². The second-order valence-electron chi connectivity index (χ2n) is 4.64. The number of halogens is 4. The maximum Gasteiger partial charge on any atom is 0.0282 e. The molecule has 0 N–H and O–H groups in total. The molecule has 1 fully saturated rings. The molecule has 4 unspecified atom stereocenters. The third-order valence-corrected chi connectivity index (χ3v) is 8.83. The van der Waals surface area contributed by atoms with Crippen molar-refractivity contribution in [1.82, 2.24) is 0 Å². The molecule has 1 aliphatic rings. The molecule has 0 aromatic rings. The maximum atomic E-state index is 3.81. The van der Waals surface area contributed by atoms with Crippen molar-refractivity contribution in [3.8, 4) is 0 Å². The van der Waals surface area contributed by atoms with Gasteiger partial charge in [-0.15, -0.1) is 0 Å². The van der Waals surface area contributed by atoms with Crippen LogP contribution >= 0.6 is 63.7 Å². The van der Waals surface area contributed by atoms with Crippen molar-refractivity contribution >= 4 is 63.7 Å². The molecule has 1 saturated carbocycles. The van der Waals surface area contributed by atoms with E-state index in [4.69, 9.17) is 0 Å². The molecular formula is C12H20Br4. The Labute approximate surface area is 133 Å². The van der Waals surface area contributed by atoms with Gasteiger partial charge in [-0.2, -0.15) is 0 Å². The van der Waals surface area contributed by atoms with Gasteiger partial charge in [-0.1, -0.05) is 95.8 Å². The molecular weight excluding hydrogens is 464 g/mol. The average Bonchev–Trinajstić information content (AvgIpc) is 2.25. The Morgan fingerprint density at radius 3 is 1.31 bits per heavy atom. The van der Waals surface area contributed by atoms with Gasteiger partial charge >= 0.3 is 0 Å². The van der Waals surface area contributed by atoms with Gasteiger partial charge in [0.25, 0.3) is 0 Å². The van der Waals surface area contributed by atoms with Crippen LogP contribution in [0.5, 0.6) is 0 Å². The second kappa shape index (κ2) is 8.92. The quantitative estimate of drug-likeness (QED) is 0.361. The lowest BCUT2D eigenvalue weighted by molar-refractivity contribution is 0.535. The summed E-state index contributed by atoms with van der Waals surface area (Å²) < 4.78 is 0. The largest absolute Gasteiger partial charge is 0.0879 e. The van der Waals surface area contributed by atoms with Gasteiger partial charge in [0.2, 0.25) is 0 Å². The van der Waals surface area contributed by atoms with Gasteiger partial charge < -0.3 is 0 Å². The molecule has 4 atom stereocenters. The number of hydrogen-bond acceptors (Lipinski definition) is 0. The van der Waals surface area contributed by atoms with Gasteiger partial charge in [0.05, 0.1) is 0 Å². The van der Waals surface area contributed by atoms with E-state index in [9.17, 15) is 0 Å². The van der Waals surface area contributed by atoms with Crippen molar-refractivity contribution in [2.45, 2.75) is 70.7 Å². The highest BCUT2D eigenvalue weighted by Gasteiger charge is 2.23. The summed E-state index contributed by atoms with van der Waals surface area (Å²) in [4.78, 5) is 2.39. The van der Waals surface area contributed by atoms with E-state index in [0.717, 1.165) is 0 Å². The number of rotatable bonds is 0. The van der Waals surface area contributed by atoms with Crippen LogP contribution in [0.2, 0.25) is 0 Å². The fraction of sp³-hybridized carbons (Fsp3) is 1.00. The molecule has 0 heterocycles. The van der Waals surface area contributed by atoms with Gasteiger partial charge in [0.1, 0.15) is 0 Å². The maximum absolute atomic E-state index is 3.81. The van der Waals surface area contributed by atoms with E-state index >= 15 is 0 Å². The third kappa shape index (κ3) is 6.19. The molecule has 0 bridgehead atoms. The first kappa shape index (κ1) is 16.0. The minimum absolute atomic E-state index is 0.580. The van der Waals surface area contributed by atoms with Crippen molar-refractivity contribution in [2.75, 3.05) is 0 Å². The zero-order valence-electron chi connectivity index (χ0n) is 9.48. The van der Waals surface area contributed by atoms with Crippen LogP contribution in [-0.2, 0) is 0 Å². The van der Waals surface area contributed by atoms with Crippen molar-refractivity contribution in [1.29, 1.82) is 0 Å². The molecule has 0 aromatic carbocycles. The average molecular weight is 484 g/mol. The first-order chi connectivity index (χ1) is 7.61. The lowest BCUT2D eigenvalue weighted by Crippen LogP contribution is -2.24. The van der Waals surface area contributed by atoms with E-state index in [1.54, 1.807) is 0 Å². The SMILES string of the molecule is BrC1CCCCCCCC(Br)C(Br)CC1Br. The Balaban J connectivity index is 2.46. The van der Waals surface area contributed by atoms with E-state index in [2.05, 4.69) is 63.7 Å². The summed E-state index contributed by atoms with van der Waals surface area (Å²) in [6.45, 7) is 0. The molecule has 0 saturated heterocycles. The molecule has 0 aromatic heterocycles. The van der Waals surface area contributed by atoms with Crippen molar-refractivity contribution in [3.63, 3.8) is 0 Å². The molecule has 0 aliphatic heterocycles. The van der Waals surface area contributed by atoms with Crippen LogP contribution in [0.15, 0.2) is 0 Å². The first-order valence-electron chi connectivity index (χ1n) is 6.17. The zero-order valence-corrected chi connectivity index (χ0v) is 15.8. The Kier molecular flexibility index (Phi) is 8.91. The minimum Gasteiger partial charge on any atom is -0.0879 e. The molecule has 0 nitrogen and oxygen atoms in total. The van der Waals surface area contributed by atoms with Crippen molar-refractivity contribution < 1.29 is 0 Å². The van der Waals surface area contributed by atoms with Crippen LogP contribution in [-0.4, -0.2) is 19.3 Å². The van der Waals surface area contributed by atoms with Crippen LogP contribution in [0.25, 0.3) is 0 Å². The highest BCUT2D eigenvalue weighted by molar-refractivity contribution is 9.13. The molecule has 0 amide bonds. The van der Waals surface area contributed by atoms with Crippen LogP contribution < -0.4 is 0 Å². The smallest absolute Gasteiger partial charge is 0.0282 e. The van der Waals surface area contributed by atoms with E-state index < -0.39 is 0 Å². The molecule has 16 heavy (non-hydrogen) atoms. The van der Waals surface area contributed by atoms with Gasteiger partial charge in [0.15, 0.2) is 0 Å². The molecule has 96 valence electrons. The molecule has 1 rings (SSSR count). The Hall–Kier alpha value is 1.92. The number of hydrogen-bond donors (Lipinski definition) is 0. The Bertz CT molecular complexity index is 168. The van der Waals surface area contributed by atoms with Gasteiger partial charge in [-0.3, -0.25) is 0 Å². The fourth-order valence-electron chi connectivity index (χ4n) is 2.08. The van der Waals surface area contributed by atoms with Gasteiger partial charge in [-0.05, 0) is 19.3 Å². The van der Waals surface area contributed by atoms with E-state index in [0.29, 0.717) is 19.3 Å². The normalized spacial score (nSPS) is 39.8. The molecule has 4 heteroatoms. The highest BCUT2D eigenvalue weighted by Crippen LogP contribution is 2.31. The predicted molar refractivity (Wildman–Crippen MR) is 87.8 cm³/mol. The zero-order chi connectivity index (χ0) is 12.0. The lowest BCUT2D eigenvalue weighted by atomic mass is 10.0. The molecule has 1 aliphatic carbocycles. The predicted octanol–water partition coefficient (Wildman–Crippen LogP) is 6.17. The summed E-state index contributed by atoms with van der Waals surface area (Å²) >= 11 is 15.2. The van der Waals surface area contributed by atoms with Crippen molar-refractivity contribution in [2.24, 2.45) is 0 Å². The fourth-order valence-corrected chi connectivity index (χ4v) is 5.00. The van der Waals surface area contributed by atoms with E-state index in [-0.39, 0.29) is 0 Å². The molecule has 0 radical (unpaired) electrons. The van der Waals surface area contributed by atoms with Crippen LogP contribution in [0, 0.1) is 0 Å². The Morgan fingerprint density at radius 1 is 0.500 bits per heavy atom. The topological polar surface area (TPSA) is 0 Å². The third-order valence-electron chi connectivity index (χ3n) is 3.20. The van der Waals surface area contributed by atoms with Crippen LogP contribution in [0.3, 0.4) is 0 Å².